The fraction of sp³-hybridized carbons (Fsp3) is 0.650. The predicted molar refractivity (Wildman–Crippen MR) is 95.0 cm³/mol. The van der Waals surface area contributed by atoms with Crippen LogP contribution < -0.4 is 0 Å². The molecule has 0 N–H and O–H groups in total. The first-order valence-electron chi connectivity index (χ1n) is 8.79. The average molecular weight is 320 g/mol. The normalized spacial score (nSPS) is 19.5. The highest BCUT2D eigenvalue weighted by atomic mass is 16.6. The molecule has 0 amide bonds. The molecule has 3 nitrogen and oxygen atoms in total. The minimum atomic E-state index is -0.273. The van der Waals surface area contributed by atoms with Gasteiger partial charge in [-0.3, -0.25) is 4.79 Å². The van der Waals surface area contributed by atoms with Crippen LogP contribution in [0.4, 0.5) is 0 Å². The van der Waals surface area contributed by atoms with Crippen molar-refractivity contribution < 1.29 is 14.3 Å². The van der Waals surface area contributed by atoms with Gasteiger partial charge in [0.2, 0.25) is 0 Å². The van der Waals surface area contributed by atoms with Crippen LogP contribution in [-0.4, -0.2) is 18.7 Å². The number of rotatable bonds is 8. The van der Waals surface area contributed by atoms with Gasteiger partial charge < -0.3 is 9.47 Å². The van der Waals surface area contributed by atoms with Crippen molar-refractivity contribution in [3.05, 3.63) is 35.6 Å². The molecule has 23 heavy (non-hydrogen) atoms. The van der Waals surface area contributed by atoms with Crippen LogP contribution in [0.15, 0.2) is 35.6 Å². The van der Waals surface area contributed by atoms with Crippen LogP contribution in [-0.2, 0) is 14.3 Å². The van der Waals surface area contributed by atoms with E-state index < -0.39 is 0 Å². The Kier molecular flexibility index (Phi) is 7.60. The number of allylic oxidation sites excluding steroid dienone is 5. The molecule has 0 bridgehead atoms. The summed E-state index contributed by atoms with van der Waals surface area (Å²) < 4.78 is 11.0. The van der Waals surface area contributed by atoms with Crippen molar-refractivity contribution in [2.24, 2.45) is 11.3 Å². The molecule has 2 unspecified atom stereocenters. The summed E-state index contributed by atoms with van der Waals surface area (Å²) >= 11 is 0. The standard InChI is InChI=1S/C20H32O3/c1-7-20(8-2,9-3)18-11-10-15(4)19(13-12-18)22-14-16(5)23-17(6)21/h10-13,15-16H,7-9,14H2,1-6H3. The highest BCUT2D eigenvalue weighted by Crippen LogP contribution is 2.40. The number of ether oxygens (including phenoxy) is 2. The fourth-order valence-corrected chi connectivity index (χ4v) is 3.15. The van der Waals surface area contributed by atoms with E-state index in [1.807, 2.05) is 6.92 Å². The first-order chi connectivity index (χ1) is 10.9. The molecule has 0 spiro atoms. The summed E-state index contributed by atoms with van der Waals surface area (Å²) in [6.45, 7) is 12.6. The minimum Gasteiger partial charge on any atom is -0.493 e. The van der Waals surface area contributed by atoms with Crippen LogP contribution in [0, 0.1) is 11.3 Å². The van der Waals surface area contributed by atoms with Gasteiger partial charge in [-0.15, -0.1) is 0 Å². The lowest BCUT2D eigenvalue weighted by atomic mass is 9.73. The molecule has 0 saturated heterocycles. The van der Waals surface area contributed by atoms with Gasteiger partial charge in [0.1, 0.15) is 18.5 Å². The first-order valence-corrected chi connectivity index (χ1v) is 8.79. The summed E-state index contributed by atoms with van der Waals surface area (Å²) in [7, 11) is 0. The van der Waals surface area contributed by atoms with Gasteiger partial charge in [0.25, 0.3) is 0 Å². The smallest absolute Gasteiger partial charge is 0.303 e. The second-order valence-electron chi connectivity index (χ2n) is 6.41. The van der Waals surface area contributed by atoms with Gasteiger partial charge in [-0.25, -0.2) is 0 Å². The number of hydrogen-bond donors (Lipinski definition) is 0. The van der Waals surface area contributed by atoms with E-state index in [1.54, 1.807) is 0 Å². The van der Waals surface area contributed by atoms with E-state index in [-0.39, 0.29) is 23.4 Å². The molecule has 0 aromatic rings. The second kappa shape index (κ2) is 8.95. The van der Waals surface area contributed by atoms with Gasteiger partial charge in [-0.05, 0) is 43.3 Å². The Morgan fingerprint density at radius 2 is 1.83 bits per heavy atom. The van der Waals surface area contributed by atoms with Crippen LogP contribution in [0.1, 0.15) is 60.8 Å². The number of esters is 1. The zero-order valence-electron chi connectivity index (χ0n) is 15.5. The third kappa shape index (κ3) is 5.26. The van der Waals surface area contributed by atoms with Crippen molar-refractivity contribution in [1.29, 1.82) is 0 Å². The van der Waals surface area contributed by atoms with Crippen molar-refractivity contribution in [3.8, 4) is 0 Å². The Balaban J connectivity index is 2.87. The Morgan fingerprint density at radius 1 is 1.22 bits per heavy atom. The van der Waals surface area contributed by atoms with Crippen molar-refractivity contribution in [3.63, 3.8) is 0 Å². The van der Waals surface area contributed by atoms with Gasteiger partial charge in [0, 0.05) is 12.8 Å². The molecule has 1 aliphatic carbocycles. The van der Waals surface area contributed by atoms with Gasteiger partial charge >= 0.3 is 5.97 Å². The Hall–Kier alpha value is -1.51. The molecular weight excluding hydrogens is 288 g/mol. The molecule has 0 aliphatic heterocycles. The third-order valence-electron chi connectivity index (χ3n) is 4.93. The van der Waals surface area contributed by atoms with E-state index >= 15 is 0 Å². The molecule has 0 aromatic carbocycles. The van der Waals surface area contributed by atoms with Gasteiger partial charge in [-0.2, -0.15) is 0 Å². The molecule has 1 aliphatic rings. The highest BCUT2D eigenvalue weighted by molar-refractivity contribution is 5.66. The number of carbonyl (C=O) groups excluding carboxylic acids is 1. The van der Waals surface area contributed by atoms with E-state index in [0.717, 1.165) is 25.0 Å². The highest BCUT2D eigenvalue weighted by Gasteiger charge is 2.28. The predicted octanol–water partition coefficient (Wildman–Crippen LogP) is 5.19. The molecular formula is C20H32O3. The van der Waals surface area contributed by atoms with E-state index in [2.05, 4.69) is 52.0 Å². The number of hydrogen-bond acceptors (Lipinski definition) is 3. The summed E-state index contributed by atoms with van der Waals surface area (Å²) in [6.07, 6.45) is 11.9. The molecule has 0 heterocycles. The lowest BCUT2D eigenvalue weighted by Gasteiger charge is -2.32. The van der Waals surface area contributed by atoms with Crippen LogP contribution in [0.2, 0.25) is 0 Å². The maximum atomic E-state index is 11.0. The zero-order chi connectivity index (χ0) is 17.5. The van der Waals surface area contributed by atoms with Crippen LogP contribution in [0.25, 0.3) is 0 Å². The lowest BCUT2D eigenvalue weighted by molar-refractivity contribution is -0.147. The molecule has 0 fully saturated rings. The van der Waals surface area contributed by atoms with Crippen molar-refractivity contribution >= 4 is 5.97 Å². The fourth-order valence-electron chi connectivity index (χ4n) is 3.15. The molecule has 2 atom stereocenters. The summed E-state index contributed by atoms with van der Waals surface area (Å²) in [5, 5.41) is 0. The Bertz CT molecular complexity index is 473. The molecule has 130 valence electrons. The molecule has 1 rings (SSSR count). The summed E-state index contributed by atoms with van der Waals surface area (Å²) in [4.78, 5) is 11.0. The first kappa shape index (κ1) is 19.5. The van der Waals surface area contributed by atoms with E-state index in [4.69, 9.17) is 9.47 Å². The SMILES string of the molecule is CCC(CC)(CC)C1=CC=C(OCC(C)OC(C)=O)C(C)C=C1. The van der Waals surface area contributed by atoms with E-state index in [9.17, 15) is 4.79 Å². The topological polar surface area (TPSA) is 35.5 Å². The molecule has 0 saturated carbocycles. The van der Waals surface area contributed by atoms with Crippen LogP contribution in [0.3, 0.4) is 0 Å². The minimum absolute atomic E-state index is 0.219. The molecule has 0 aromatic heterocycles. The molecule has 0 radical (unpaired) electrons. The summed E-state index contributed by atoms with van der Waals surface area (Å²) in [6, 6.07) is 0. The van der Waals surface area contributed by atoms with Crippen LogP contribution in [0.5, 0.6) is 0 Å². The summed E-state index contributed by atoms with van der Waals surface area (Å²) in [5.41, 5.74) is 1.62. The van der Waals surface area contributed by atoms with Crippen LogP contribution >= 0.6 is 0 Å². The second-order valence-corrected chi connectivity index (χ2v) is 6.41. The average Bonchev–Trinajstić information content (AvgIpc) is 2.70. The molecule has 3 heteroatoms. The largest absolute Gasteiger partial charge is 0.493 e. The van der Waals surface area contributed by atoms with Crippen molar-refractivity contribution in [1.82, 2.24) is 0 Å². The quantitative estimate of drug-likeness (QED) is 0.578. The van der Waals surface area contributed by atoms with Gasteiger partial charge in [-0.1, -0.05) is 45.9 Å². The van der Waals surface area contributed by atoms with E-state index in [0.29, 0.717) is 6.61 Å². The Labute approximate surface area is 141 Å². The van der Waals surface area contributed by atoms with E-state index in [1.165, 1.54) is 12.5 Å². The maximum absolute atomic E-state index is 11.0. The van der Waals surface area contributed by atoms with Crippen molar-refractivity contribution in [2.45, 2.75) is 66.9 Å². The number of carbonyl (C=O) groups is 1. The third-order valence-corrected chi connectivity index (χ3v) is 4.93. The summed E-state index contributed by atoms with van der Waals surface area (Å²) in [5.74, 6) is 0.869. The zero-order valence-corrected chi connectivity index (χ0v) is 15.5. The van der Waals surface area contributed by atoms with Gasteiger partial charge in [0.05, 0.1) is 0 Å². The maximum Gasteiger partial charge on any atom is 0.303 e. The lowest BCUT2D eigenvalue weighted by Crippen LogP contribution is -2.19. The monoisotopic (exact) mass is 320 g/mol. The van der Waals surface area contributed by atoms with Crippen molar-refractivity contribution in [2.75, 3.05) is 6.61 Å². The Morgan fingerprint density at radius 3 is 2.35 bits per heavy atom. The van der Waals surface area contributed by atoms with Gasteiger partial charge in [0.15, 0.2) is 0 Å².